The lowest BCUT2D eigenvalue weighted by molar-refractivity contribution is 0.226. The van der Waals surface area contributed by atoms with E-state index in [9.17, 15) is 0 Å². The van der Waals surface area contributed by atoms with E-state index in [1.807, 2.05) is 18.2 Å². The van der Waals surface area contributed by atoms with Gasteiger partial charge in [0.25, 0.3) is 0 Å². The Morgan fingerprint density at radius 1 is 1.15 bits per heavy atom. The summed E-state index contributed by atoms with van der Waals surface area (Å²) in [5.74, 6) is 2.45. The first-order chi connectivity index (χ1) is 9.43. The van der Waals surface area contributed by atoms with Crippen LogP contribution in [-0.2, 0) is 11.8 Å². The number of fused-ring (bicyclic) bond motifs is 1. The zero-order chi connectivity index (χ0) is 14.3. The average molecular weight is 270 g/mol. The van der Waals surface area contributed by atoms with E-state index in [0.717, 1.165) is 12.2 Å². The number of benzene rings is 1. The van der Waals surface area contributed by atoms with Crippen molar-refractivity contribution in [2.24, 2.45) is 0 Å². The summed E-state index contributed by atoms with van der Waals surface area (Å²) in [6, 6.07) is 7.99. The molecule has 0 saturated heterocycles. The van der Waals surface area contributed by atoms with Gasteiger partial charge in [0.05, 0.1) is 0 Å². The summed E-state index contributed by atoms with van der Waals surface area (Å²) in [6.07, 6.45) is 0.585. The zero-order valence-corrected chi connectivity index (χ0v) is 11.9. The molecular formula is C15H18N4O. The average Bonchev–Trinajstić information content (AvgIpc) is 2.80. The highest BCUT2D eigenvalue weighted by atomic mass is 16.5. The lowest BCUT2D eigenvalue weighted by atomic mass is 9.96. The van der Waals surface area contributed by atoms with Crippen LogP contribution >= 0.6 is 0 Å². The fourth-order valence-electron chi connectivity index (χ4n) is 2.21. The van der Waals surface area contributed by atoms with E-state index in [2.05, 4.69) is 41.8 Å². The van der Waals surface area contributed by atoms with Gasteiger partial charge in [-0.1, -0.05) is 39.0 Å². The number of nitrogens with zero attached hydrogens (tertiary/aromatic N) is 3. The molecule has 20 heavy (non-hydrogen) atoms. The Hall–Kier alpha value is -2.17. The molecule has 3 rings (SSSR count). The molecule has 0 saturated carbocycles. The van der Waals surface area contributed by atoms with Gasteiger partial charge in [-0.25, -0.2) is 4.98 Å². The molecule has 1 aromatic heterocycles. The number of nitrogen functional groups attached to an aromatic ring is 1. The quantitative estimate of drug-likeness (QED) is 0.861. The van der Waals surface area contributed by atoms with Crippen LogP contribution in [0.1, 0.15) is 44.1 Å². The van der Waals surface area contributed by atoms with E-state index in [-0.39, 0.29) is 17.5 Å². The lowest BCUT2D eigenvalue weighted by Gasteiger charge is -2.18. The molecule has 104 valence electrons. The molecule has 2 aromatic rings. The smallest absolute Gasteiger partial charge is 0.223 e. The van der Waals surface area contributed by atoms with E-state index in [0.29, 0.717) is 11.6 Å². The maximum Gasteiger partial charge on any atom is 0.223 e. The number of aromatic nitrogens is 3. The van der Waals surface area contributed by atoms with Crippen molar-refractivity contribution in [1.29, 1.82) is 0 Å². The predicted molar refractivity (Wildman–Crippen MR) is 76.5 cm³/mol. The highest BCUT2D eigenvalue weighted by Gasteiger charge is 2.28. The lowest BCUT2D eigenvalue weighted by Crippen LogP contribution is -2.21. The fraction of sp³-hybridized carbons (Fsp3) is 0.400. The number of para-hydroxylation sites is 1. The van der Waals surface area contributed by atoms with Crippen LogP contribution in [0.25, 0.3) is 0 Å². The van der Waals surface area contributed by atoms with E-state index >= 15 is 0 Å². The molecule has 5 heteroatoms. The first-order valence-electron chi connectivity index (χ1n) is 6.70. The summed E-state index contributed by atoms with van der Waals surface area (Å²) in [6.45, 7) is 6.15. The Kier molecular flexibility index (Phi) is 2.85. The minimum atomic E-state index is -0.182. The van der Waals surface area contributed by atoms with Crippen LogP contribution in [0.5, 0.6) is 5.75 Å². The molecule has 1 unspecified atom stereocenters. The van der Waals surface area contributed by atoms with E-state index in [1.54, 1.807) is 0 Å². The van der Waals surface area contributed by atoms with E-state index < -0.39 is 0 Å². The highest BCUT2D eigenvalue weighted by molar-refractivity contribution is 5.38. The second kappa shape index (κ2) is 4.44. The molecule has 2 N–H and O–H groups in total. The number of ether oxygens (including phenoxy) is 1. The molecule has 2 heterocycles. The molecule has 0 fully saturated rings. The fourth-order valence-corrected chi connectivity index (χ4v) is 2.21. The molecule has 1 atom stereocenters. The molecule has 5 nitrogen and oxygen atoms in total. The van der Waals surface area contributed by atoms with Gasteiger partial charge >= 0.3 is 0 Å². The summed E-state index contributed by atoms with van der Waals surface area (Å²) >= 11 is 0. The minimum absolute atomic E-state index is 0.169. The van der Waals surface area contributed by atoms with Gasteiger partial charge < -0.3 is 10.5 Å². The summed E-state index contributed by atoms with van der Waals surface area (Å²) in [5, 5.41) is 0. The summed E-state index contributed by atoms with van der Waals surface area (Å²) < 4.78 is 5.91. The van der Waals surface area contributed by atoms with Gasteiger partial charge in [0.2, 0.25) is 5.95 Å². The normalized spacial score (nSPS) is 17.6. The largest absolute Gasteiger partial charge is 0.482 e. The Morgan fingerprint density at radius 2 is 1.90 bits per heavy atom. The van der Waals surface area contributed by atoms with Gasteiger partial charge in [0, 0.05) is 11.8 Å². The van der Waals surface area contributed by atoms with Crippen molar-refractivity contribution in [2.75, 3.05) is 5.73 Å². The molecule has 0 spiro atoms. The number of hydrogen-bond donors (Lipinski definition) is 1. The van der Waals surface area contributed by atoms with Gasteiger partial charge in [0.1, 0.15) is 11.6 Å². The van der Waals surface area contributed by atoms with Crippen LogP contribution < -0.4 is 10.5 Å². The minimum Gasteiger partial charge on any atom is -0.482 e. The van der Waals surface area contributed by atoms with Crippen molar-refractivity contribution in [3.8, 4) is 5.75 Å². The number of hydrogen-bond acceptors (Lipinski definition) is 5. The van der Waals surface area contributed by atoms with Crippen LogP contribution in [-0.4, -0.2) is 15.0 Å². The number of rotatable bonds is 1. The molecule has 1 aliphatic rings. The summed E-state index contributed by atoms with van der Waals surface area (Å²) in [4.78, 5) is 13.0. The molecule has 0 radical (unpaired) electrons. The Morgan fingerprint density at radius 3 is 2.60 bits per heavy atom. The topological polar surface area (TPSA) is 73.9 Å². The van der Waals surface area contributed by atoms with E-state index in [1.165, 1.54) is 5.56 Å². The SMILES string of the molecule is CC(C)(C)c1nc(N)nc(C2Cc3ccccc3O2)n1. The standard InChI is InChI=1S/C15H18N4O/c1-15(2,3)13-17-12(18-14(16)19-13)11-8-9-6-4-5-7-10(9)20-11/h4-7,11H,8H2,1-3H3,(H2,16,17,18,19). The Bertz CT molecular complexity index is 624. The third-order valence-electron chi connectivity index (χ3n) is 3.28. The van der Waals surface area contributed by atoms with Gasteiger partial charge in [-0.3, -0.25) is 0 Å². The van der Waals surface area contributed by atoms with Crippen LogP contribution in [0.2, 0.25) is 0 Å². The van der Waals surface area contributed by atoms with Crippen LogP contribution in [0.3, 0.4) is 0 Å². The molecule has 1 aromatic carbocycles. The van der Waals surface area contributed by atoms with Crippen LogP contribution in [0.15, 0.2) is 24.3 Å². The third-order valence-corrected chi connectivity index (χ3v) is 3.28. The first kappa shape index (κ1) is 12.8. The summed E-state index contributed by atoms with van der Waals surface area (Å²) in [5.41, 5.74) is 6.82. The van der Waals surface area contributed by atoms with Crippen LogP contribution in [0, 0.1) is 0 Å². The molecular weight excluding hydrogens is 252 g/mol. The Labute approximate surface area is 118 Å². The molecule has 1 aliphatic heterocycles. The zero-order valence-electron chi connectivity index (χ0n) is 11.9. The number of anilines is 1. The third kappa shape index (κ3) is 2.31. The predicted octanol–water partition coefficient (Wildman–Crippen LogP) is 2.43. The molecule has 0 amide bonds. The molecule has 0 bridgehead atoms. The van der Waals surface area contributed by atoms with Gasteiger partial charge in [-0.2, -0.15) is 9.97 Å². The number of nitrogens with two attached hydrogens (primary N) is 1. The van der Waals surface area contributed by atoms with E-state index in [4.69, 9.17) is 10.5 Å². The van der Waals surface area contributed by atoms with Gasteiger partial charge in [-0.05, 0) is 11.6 Å². The van der Waals surface area contributed by atoms with Crippen LogP contribution in [0.4, 0.5) is 5.95 Å². The van der Waals surface area contributed by atoms with Crippen molar-refractivity contribution in [3.63, 3.8) is 0 Å². The van der Waals surface area contributed by atoms with Gasteiger partial charge in [-0.15, -0.1) is 0 Å². The maximum absolute atomic E-state index is 5.91. The van der Waals surface area contributed by atoms with Crippen molar-refractivity contribution < 1.29 is 4.74 Å². The second-order valence-electron chi connectivity index (χ2n) is 6.04. The molecule has 0 aliphatic carbocycles. The van der Waals surface area contributed by atoms with Crippen molar-refractivity contribution in [1.82, 2.24) is 15.0 Å². The second-order valence-corrected chi connectivity index (χ2v) is 6.04. The maximum atomic E-state index is 5.91. The van der Waals surface area contributed by atoms with Gasteiger partial charge in [0.15, 0.2) is 11.9 Å². The highest BCUT2D eigenvalue weighted by Crippen LogP contribution is 2.35. The summed E-state index contributed by atoms with van der Waals surface area (Å²) in [7, 11) is 0. The van der Waals surface area contributed by atoms with Crippen molar-refractivity contribution >= 4 is 5.95 Å². The Balaban J connectivity index is 1.95. The van der Waals surface area contributed by atoms with Crippen molar-refractivity contribution in [2.45, 2.75) is 38.7 Å². The first-order valence-corrected chi connectivity index (χ1v) is 6.70. The van der Waals surface area contributed by atoms with Crippen molar-refractivity contribution in [3.05, 3.63) is 41.5 Å². The monoisotopic (exact) mass is 270 g/mol.